The SMILES string of the molecule is Cc1ccc(S(=O)(=O)NC2=CC=C(Oc3ccc(NS(=O)(=O)c4ccc(C)cc4)c(C(=O)O)c3)CC2=CO)cc1. The first kappa shape index (κ1) is 28.5. The summed E-state index contributed by atoms with van der Waals surface area (Å²) in [5, 5.41) is 19.5. The molecule has 4 N–H and O–H groups in total. The zero-order valence-corrected chi connectivity index (χ0v) is 23.1. The highest BCUT2D eigenvalue weighted by molar-refractivity contribution is 7.92. The van der Waals surface area contributed by atoms with Gasteiger partial charge < -0.3 is 14.9 Å². The van der Waals surface area contributed by atoms with Crippen molar-refractivity contribution in [2.24, 2.45) is 0 Å². The number of hydrogen-bond acceptors (Lipinski definition) is 7. The first-order chi connectivity index (χ1) is 18.9. The molecule has 0 bridgehead atoms. The van der Waals surface area contributed by atoms with Gasteiger partial charge in [0.1, 0.15) is 11.5 Å². The summed E-state index contributed by atoms with van der Waals surface area (Å²) in [6.45, 7) is 3.65. The molecule has 0 fully saturated rings. The number of hydrogen-bond donors (Lipinski definition) is 4. The largest absolute Gasteiger partial charge is 0.515 e. The van der Waals surface area contributed by atoms with Gasteiger partial charge in [0.2, 0.25) is 0 Å². The van der Waals surface area contributed by atoms with E-state index in [0.29, 0.717) is 0 Å². The molecule has 4 rings (SSSR count). The van der Waals surface area contributed by atoms with Crippen LogP contribution in [0.25, 0.3) is 0 Å². The van der Waals surface area contributed by atoms with Gasteiger partial charge in [-0.2, -0.15) is 0 Å². The molecule has 40 heavy (non-hydrogen) atoms. The summed E-state index contributed by atoms with van der Waals surface area (Å²) in [5.74, 6) is -1.01. The lowest BCUT2D eigenvalue weighted by molar-refractivity contribution is 0.0697. The fourth-order valence-electron chi connectivity index (χ4n) is 3.76. The third-order valence-corrected chi connectivity index (χ3v) is 8.69. The molecule has 3 aromatic carbocycles. The molecule has 1 aliphatic carbocycles. The summed E-state index contributed by atoms with van der Waals surface area (Å²) in [4.78, 5) is 12.0. The standard InChI is InChI=1S/C28H26N2O8S2/c1-18-3-9-23(10-4-18)39(34,35)29-26-13-7-21(15-20(26)17-31)38-22-8-14-27(25(16-22)28(32)33)30-40(36,37)24-11-5-19(2)6-12-24/h3-14,16-17,29-31H,15H2,1-2H3,(H,32,33). The second kappa shape index (κ2) is 11.3. The summed E-state index contributed by atoms with van der Waals surface area (Å²) >= 11 is 0. The Morgan fingerprint density at radius 3 is 1.90 bits per heavy atom. The molecule has 0 aliphatic heterocycles. The number of carbonyl (C=O) groups is 1. The molecule has 10 nitrogen and oxygen atoms in total. The van der Waals surface area contributed by atoms with E-state index < -0.39 is 26.0 Å². The molecular formula is C28H26N2O8S2. The van der Waals surface area contributed by atoms with Gasteiger partial charge in [0.05, 0.1) is 33.0 Å². The second-order valence-electron chi connectivity index (χ2n) is 9.00. The van der Waals surface area contributed by atoms with Gasteiger partial charge in [-0.05, 0) is 68.5 Å². The van der Waals surface area contributed by atoms with Crippen molar-refractivity contribution in [2.75, 3.05) is 4.72 Å². The van der Waals surface area contributed by atoms with E-state index in [9.17, 15) is 31.8 Å². The molecule has 0 radical (unpaired) electrons. The minimum Gasteiger partial charge on any atom is -0.515 e. The maximum absolute atomic E-state index is 12.8. The predicted octanol–water partition coefficient (Wildman–Crippen LogP) is 4.77. The normalized spacial score (nSPS) is 14.7. The number of rotatable bonds is 9. The van der Waals surface area contributed by atoms with Gasteiger partial charge in [-0.15, -0.1) is 0 Å². The van der Waals surface area contributed by atoms with Crippen molar-refractivity contribution in [1.29, 1.82) is 0 Å². The van der Waals surface area contributed by atoms with Crippen LogP contribution in [0.15, 0.2) is 112 Å². The molecule has 0 aromatic heterocycles. The summed E-state index contributed by atoms with van der Waals surface area (Å²) < 4.78 is 61.6. The zero-order valence-electron chi connectivity index (χ0n) is 21.5. The van der Waals surface area contributed by atoms with Gasteiger partial charge in [0, 0.05) is 12.0 Å². The van der Waals surface area contributed by atoms with E-state index in [-0.39, 0.29) is 50.2 Å². The molecule has 0 atom stereocenters. The zero-order chi connectivity index (χ0) is 29.1. The van der Waals surface area contributed by atoms with E-state index in [1.165, 1.54) is 48.6 Å². The van der Waals surface area contributed by atoms with Gasteiger partial charge in [0.25, 0.3) is 20.0 Å². The van der Waals surface area contributed by atoms with Crippen molar-refractivity contribution >= 4 is 31.7 Å². The highest BCUT2D eigenvalue weighted by Crippen LogP contribution is 2.30. The van der Waals surface area contributed by atoms with Crippen LogP contribution in [0, 0.1) is 13.8 Å². The Kier molecular flexibility index (Phi) is 8.03. The van der Waals surface area contributed by atoms with Gasteiger partial charge in [0.15, 0.2) is 0 Å². The molecular weight excluding hydrogens is 556 g/mol. The summed E-state index contributed by atoms with van der Waals surface area (Å²) in [5.41, 5.74) is 1.63. The van der Waals surface area contributed by atoms with Crippen LogP contribution in [0.2, 0.25) is 0 Å². The number of ether oxygens (including phenoxy) is 1. The number of aryl methyl sites for hydroxylation is 2. The average molecular weight is 583 g/mol. The average Bonchev–Trinajstić information content (AvgIpc) is 2.90. The molecule has 0 heterocycles. The van der Waals surface area contributed by atoms with E-state index in [0.717, 1.165) is 23.5 Å². The van der Waals surface area contributed by atoms with Crippen molar-refractivity contribution < 1.29 is 36.6 Å². The number of anilines is 1. The maximum Gasteiger partial charge on any atom is 0.337 e. The van der Waals surface area contributed by atoms with Crippen molar-refractivity contribution in [3.05, 3.63) is 119 Å². The summed E-state index contributed by atoms with van der Waals surface area (Å²) in [7, 11) is -7.96. The lowest BCUT2D eigenvalue weighted by Gasteiger charge is -2.20. The van der Waals surface area contributed by atoms with Gasteiger partial charge in [-0.25, -0.2) is 21.6 Å². The minimum atomic E-state index is -4.04. The Hall–Kier alpha value is -4.55. The van der Waals surface area contributed by atoms with Crippen LogP contribution in [0.1, 0.15) is 27.9 Å². The third-order valence-electron chi connectivity index (χ3n) is 5.92. The first-order valence-electron chi connectivity index (χ1n) is 11.9. The number of carboxylic acids is 1. The van der Waals surface area contributed by atoms with Gasteiger partial charge >= 0.3 is 5.97 Å². The third kappa shape index (κ3) is 6.53. The lowest BCUT2D eigenvalue weighted by atomic mass is 10.0. The highest BCUT2D eigenvalue weighted by atomic mass is 32.2. The molecule has 3 aromatic rings. The first-order valence-corrected chi connectivity index (χ1v) is 14.8. The highest BCUT2D eigenvalue weighted by Gasteiger charge is 2.23. The Labute approximate surface area is 232 Å². The van der Waals surface area contributed by atoms with Gasteiger partial charge in [-0.1, -0.05) is 35.4 Å². The van der Waals surface area contributed by atoms with Crippen LogP contribution in [-0.4, -0.2) is 33.0 Å². The Morgan fingerprint density at radius 1 is 0.825 bits per heavy atom. The summed E-state index contributed by atoms with van der Waals surface area (Å²) in [6, 6.07) is 16.2. The molecule has 1 aliphatic rings. The molecule has 208 valence electrons. The molecule has 0 spiro atoms. The minimum absolute atomic E-state index is 0.0110. The fraction of sp³-hybridized carbons (Fsp3) is 0.107. The van der Waals surface area contributed by atoms with E-state index in [4.69, 9.17) is 4.74 Å². The number of nitrogens with one attached hydrogen (secondary N) is 2. The van der Waals surface area contributed by atoms with Crippen molar-refractivity contribution in [1.82, 2.24) is 4.72 Å². The van der Waals surface area contributed by atoms with E-state index in [1.54, 1.807) is 24.3 Å². The smallest absolute Gasteiger partial charge is 0.337 e. The van der Waals surface area contributed by atoms with Gasteiger partial charge in [-0.3, -0.25) is 9.44 Å². The van der Waals surface area contributed by atoms with Crippen molar-refractivity contribution in [2.45, 2.75) is 30.1 Å². The molecule has 12 heteroatoms. The number of aliphatic hydroxyl groups is 1. The van der Waals surface area contributed by atoms with Crippen molar-refractivity contribution in [3.8, 4) is 5.75 Å². The molecule has 0 saturated carbocycles. The number of sulfonamides is 2. The van der Waals surface area contributed by atoms with Crippen LogP contribution in [0.3, 0.4) is 0 Å². The van der Waals surface area contributed by atoms with E-state index in [1.807, 2.05) is 13.8 Å². The second-order valence-corrected chi connectivity index (χ2v) is 12.4. The Morgan fingerprint density at radius 2 is 1.38 bits per heavy atom. The number of allylic oxidation sites excluding steroid dienone is 4. The quantitative estimate of drug-likeness (QED) is 0.263. The Balaban J connectivity index is 1.55. The maximum atomic E-state index is 12.8. The number of benzene rings is 3. The molecule has 0 amide bonds. The van der Waals surface area contributed by atoms with Crippen LogP contribution in [-0.2, 0) is 20.0 Å². The Bertz CT molecular complexity index is 1760. The number of aliphatic hydroxyl groups excluding tert-OH is 1. The molecule has 0 saturated heterocycles. The fourth-order valence-corrected chi connectivity index (χ4v) is 5.94. The summed E-state index contributed by atoms with van der Waals surface area (Å²) in [6.07, 6.45) is 3.64. The molecule has 0 unspecified atom stereocenters. The van der Waals surface area contributed by atoms with E-state index >= 15 is 0 Å². The topological polar surface area (TPSA) is 159 Å². The van der Waals surface area contributed by atoms with Crippen molar-refractivity contribution in [3.63, 3.8) is 0 Å². The number of carboxylic acid groups (broad SMARTS) is 1. The van der Waals surface area contributed by atoms with Crippen LogP contribution in [0.4, 0.5) is 5.69 Å². The number of aromatic carboxylic acids is 1. The predicted molar refractivity (Wildman–Crippen MR) is 149 cm³/mol. The van der Waals surface area contributed by atoms with Crippen LogP contribution < -0.4 is 14.2 Å². The lowest BCUT2D eigenvalue weighted by Crippen LogP contribution is -2.25. The monoisotopic (exact) mass is 582 g/mol. The van der Waals surface area contributed by atoms with Crippen LogP contribution >= 0.6 is 0 Å². The van der Waals surface area contributed by atoms with E-state index in [2.05, 4.69) is 9.44 Å². The van der Waals surface area contributed by atoms with Crippen LogP contribution in [0.5, 0.6) is 5.75 Å².